The van der Waals surface area contributed by atoms with Crippen molar-refractivity contribution in [3.8, 4) is 22.6 Å². The van der Waals surface area contributed by atoms with Crippen LogP contribution in [0.2, 0.25) is 0 Å². The van der Waals surface area contributed by atoms with Crippen molar-refractivity contribution in [2.75, 3.05) is 5.73 Å². The Bertz CT molecular complexity index is 787. The number of carbonyl (C=O) groups is 1. The molecule has 0 aliphatic heterocycles. The highest BCUT2D eigenvalue weighted by Gasteiger charge is 1.99. The smallest absolute Gasteiger partial charge is 0.248 e. The number of nitrogens with two attached hydrogens (primary N) is 2. The molecule has 0 saturated carbocycles. The zero-order valence-corrected chi connectivity index (χ0v) is 12.9. The van der Waals surface area contributed by atoms with Gasteiger partial charge in [0.25, 0.3) is 0 Å². The Morgan fingerprint density at radius 3 is 1.58 bits per heavy atom. The van der Waals surface area contributed by atoms with Gasteiger partial charge in [-0.3, -0.25) is 4.79 Å². The monoisotopic (exact) mass is 322 g/mol. The summed E-state index contributed by atoms with van der Waals surface area (Å²) >= 11 is 0. The molecule has 3 rings (SSSR count). The summed E-state index contributed by atoms with van der Waals surface area (Å²) in [5.41, 5.74) is 13.2. The van der Waals surface area contributed by atoms with E-state index in [1.54, 1.807) is 60.7 Å². The third kappa shape index (κ3) is 4.78. The second kappa shape index (κ2) is 7.69. The third-order valence-electron chi connectivity index (χ3n) is 3.22. The number of anilines is 1. The fourth-order valence-corrected chi connectivity index (χ4v) is 2.02. The lowest BCUT2D eigenvalue weighted by Crippen LogP contribution is -2.10. The van der Waals surface area contributed by atoms with Crippen LogP contribution in [0.25, 0.3) is 11.1 Å². The maximum Gasteiger partial charge on any atom is 0.248 e. The fraction of sp³-hybridized carbons (Fsp3) is 0. The van der Waals surface area contributed by atoms with Crippen molar-refractivity contribution < 1.29 is 15.0 Å². The van der Waals surface area contributed by atoms with Crippen LogP contribution >= 0.6 is 0 Å². The van der Waals surface area contributed by atoms with E-state index in [4.69, 9.17) is 11.5 Å². The number of hydrogen-bond acceptors (Lipinski definition) is 4. The maximum absolute atomic E-state index is 10.5. The Morgan fingerprint density at radius 1 is 0.750 bits per heavy atom. The van der Waals surface area contributed by atoms with E-state index >= 15 is 0 Å². The van der Waals surface area contributed by atoms with Crippen LogP contribution in [0.4, 0.5) is 5.69 Å². The Balaban J connectivity index is 0.000000185. The molecule has 0 aliphatic carbocycles. The molecule has 0 unspecified atom stereocenters. The van der Waals surface area contributed by atoms with Gasteiger partial charge in [-0.1, -0.05) is 24.3 Å². The molecule has 5 nitrogen and oxygen atoms in total. The summed E-state index contributed by atoms with van der Waals surface area (Å²) in [7, 11) is 0. The van der Waals surface area contributed by atoms with Crippen molar-refractivity contribution in [2.24, 2.45) is 5.73 Å². The largest absolute Gasteiger partial charge is 0.508 e. The lowest BCUT2D eigenvalue weighted by atomic mass is 10.1. The molecule has 0 bridgehead atoms. The lowest BCUT2D eigenvalue weighted by Gasteiger charge is -2.02. The van der Waals surface area contributed by atoms with Gasteiger partial charge in [0.05, 0.1) is 0 Å². The first-order valence-corrected chi connectivity index (χ1v) is 7.19. The Kier molecular flexibility index (Phi) is 5.41. The van der Waals surface area contributed by atoms with E-state index in [0.29, 0.717) is 11.3 Å². The first-order valence-electron chi connectivity index (χ1n) is 7.19. The van der Waals surface area contributed by atoms with Gasteiger partial charge in [0.1, 0.15) is 11.5 Å². The van der Waals surface area contributed by atoms with Gasteiger partial charge >= 0.3 is 0 Å². The number of rotatable bonds is 2. The minimum absolute atomic E-state index is 0.228. The van der Waals surface area contributed by atoms with Crippen molar-refractivity contribution in [2.45, 2.75) is 0 Å². The van der Waals surface area contributed by atoms with Crippen LogP contribution in [-0.4, -0.2) is 16.1 Å². The summed E-state index contributed by atoms with van der Waals surface area (Å²) in [6.07, 6.45) is 0. The second-order valence-corrected chi connectivity index (χ2v) is 5.09. The van der Waals surface area contributed by atoms with Crippen LogP contribution in [0.15, 0.2) is 72.8 Å². The summed E-state index contributed by atoms with van der Waals surface area (Å²) in [5.74, 6) is 0.0247. The van der Waals surface area contributed by atoms with Gasteiger partial charge < -0.3 is 21.7 Å². The number of phenolic OH excluding ortho intramolecular Hbond substituents is 2. The van der Waals surface area contributed by atoms with Gasteiger partial charge in [-0.15, -0.1) is 0 Å². The summed E-state index contributed by atoms with van der Waals surface area (Å²) in [4.78, 5) is 10.5. The second-order valence-electron chi connectivity index (χ2n) is 5.09. The topological polar surface area (TPSA) is 110 Å². The van der Waals surface area contributed by atoms with Crippen molar-refractivity contribution >= 4 is 11.6 Å². The minimum Gasteiger partial charge on any atom is -0.508 e. The first-order chi connectivity index (χ1) is 11.5. The first kappa shape index (κ1) is 16.9. The molecule has 3 aromatic rings. The van der Waals surface area contributed by atoms with Crippen LogP contribution in [-0.2, 0) is 0 Å². The van der Waals surface area contributed by atoms with E-state index in [0.717, 1.165) is 11.1 Å². The number of hydrogen-bond donors (Lipinski definition) is 4. The molecular formula is C19H18N2O3. The van der Waals surface area contributed by atoms with Gasteiger partial charge in [-0.05, 0) is 59.7 Å². The molecule has 0 saturated heterocycles. The number of nitrogen functional groups attached to an aromatic ring is 1. The molecule has 1 amide bonds. The van der Waals surface area contributed by atoms with Crippen molar-refractivity contribution in [3.05, 3.63) is 78.4 Å². The predicted octanol–water partition coefficient (Wildman–Crippen LogP) is 3.13. The van der Waals surface area contributed by atoms with E-state index in [9.17, 15) is 15.0 Å². The SMILES string of the molecule is NC(=O)c1ccc(N)cc1.Oc1cccc(-c2cccc(O)c2)c1. The molecule has 24 heavy (non-hydrogen) atoms. The van der Waals surface area contributed by atoms with Crippen molar-refractivity contribution in [3.63, 3.8) is 0 Å². The summed E-state index contributed by atoms with van der Waals surface area (Å²) in [6, 6.07) is 20.3. The van der Waals surface area contributed by atoms with Gasteiger partial charge in [-0.2, -0.15) is 0 Å². The van der Waals surface area contributed by atoms with E-state index in [1.165, 1.54) is 0 Å². The van der Waals surface area contributed by atoms with Crippen LogP contribution in [0.3, 0.4) is 0 Å². The number of amides is 1. The zero-order chi connectivity index (χ0) is 17.5. The Morgan fingerprint density at radius 2 is 1.21 bits per heavy atom. The molecular weight excluding hydrogens is 304 g/mol. The third-order valence-corrected chi connectivity index (χ3v) is 3.22. The normalized spacial score (nSPS) is 9.67. The van der Waals surface area contributed by atoms with Crippen molar-refractivity contribution in [1.82, 2.24) is 0 Å². The van der Waals surface area contributed by atoms with E-state index in [1.807, 2.05) is 12.1 Å². The number of aromatic hydroxyl groups is 2. The number of benzene rings is 3. The molecule has 0 radical (unpaired) electrons. The number of primary amides is 1. The number of carbonyl (C=O) groups excluding carboxylic acids is 1. The molecule has 3 aromatic carbocycles. The van der Waals surface area contributed by atoms with Crippen LogP contribution in [0.5, 0.6) is 11.5 Å². The molecule has 0 fully saturated rings. The molecule has 0 aliphatic rings. The highest BCUT2D eigenvalue weighted by atomic mass is 16.3. The summed E-state index contributed by atoms with van der Waals surface area (Å²) in [6.45, 7) is 0. The van der Waals surface area contributed by atoms with Crippen molar-refractivity contribution in [1.29, 1.82) is 0 Å². The van der Waals surface area contributed by atoms with Gasteiger partial charge in [0.15, 0.2) is 0 Å². The standard InChI is InChI=1S/C12H10O2.C7H8N2O/c13-11-5-1-3-9(7-11)10-4-2-6-12(14)8-10;8-6-3-1-5(2-4-6)7(9)10/h1-8,13-14H;1-4H,8H2,(H2,9,10). The summed E-state index contributed by atoms with van der Waals surface area (Å²) in [5, 5.41) is 18.6. The molecule has 0 aromatic heterocycles. The van der Waals surface area contributed by atoms with Gasteiger partial charge in [0, 0.05) is 11.3 Å². The van der Waals surface area contributed by atoms with E-state index in [-0.39, 0.29) is 11.5 Å². The fourth-order valence-electron chi connectivity index (χ4n) is 2.02. The van der Waals surface area contributed by atoms with Gasteiger partial charge in [-0.25, -0.2) is 0 Å². The average Bonchev–Trinajstić information content (AvgIpc) is 2.56. The molecule has 0 atom stereocenters. The molecule has 122 valence electrons. The zero-order valence-electron chi connectivity index (χ0n) is 12.9. The predicted molar refractivity (Wildman–Crippen MR) is 94.6 cm³/mol. The van der Waals surface area contributed by atoms with Gasteiger partial charge in [0.2, 0.25) is 5.91 Å². The van der Waals surface area contributed by atoms with Crippen LogP contribution < -0.4 is 11.5 Å². The molecule has 0 heterocycles. The molecule has 0 spiro atoms. The van der Waals surface area contributed by atoms with Crippen LogP contribution in [0.1, 0.15) is 10.4 Å². The molecule has 5 heteroatoms. The maximum atomic E-state index is 10.5. The summed E-state index contributed by atoms with van der Waals surface area (Å²) < 4.78 is 0. The number of phenols is 2. The minimum atomic E-state index is -0.431. The quantitative estimate of drug-likeness (QED) is 0.543. The van der Waals surface area contributed by atoms with E-state index in [2.05, 4.69) is 0 Å². The molecule has 6 N–H and O–H groups in total. The van der Waals surface area contributed by atoms with E-state index < -0.39 is 5.91 Å². The Labute approximate surface area is 139 Å². The Hall–Kier alpha value is -3.47. The highest BCUT2D eigenvalue weighted by Crippen LogP contribution is 2.25. The highest BCUT2D eigenvalue weighted by molar-refractivity contribution is 5.93. The van der Waals surface area contributed by atoms with Crippen LogP contribution in [0, 0.1) is 0 Å². The average molecular weight is 322 g/mol. The lowest BCUT2D eigenvalue weighted by molar-refractivity contribution is 0.100.